The zero-order valence-electron chi connectivity index (χ0n) is 11.1. The van der Waals surface area contributed by atoms with Gasteiger partial charge in [-0.2, -0.15) is 0 Å². The molecule has 0 aliphatic carbocycles. The van der Waals surface area contributed by atoms with Crippen LogP contribution in [0, 0.1) is 0 Å². The first kappa shape index (κ1) is 13.4. The Morgan fingerprint density at radius 2 is 2.10 bits per heavy atom. The van der Waals surface area contributed by atoms with Gasteiger partial charge in [0.25, 0.3) is 5.91 Å². The van der Waals surface area contributed by atoms with Gasteiger partial charge in [-0.05, 0) is 52.6 Å². The zero-order chi connectivity index (χ0) is 14.5. The Balaban J connectivity index is 1.57. The lowest BCUT2D eigenvalue weighted by atomic mass is 10.2. The molecular weight excluding hydrogens is 286 g/mol. The summed E-state index contributed by atoms with van der Waals surface area (Å²) in [6.45, 7) is 0.633. The minimum absolute atomic E-state index is 0.0742. The molecule has 0 unspecified atom stereocenters. The minimum atomic E-state index is -0.0742. The van der Waals surface area contributed by atoms with Gasteiger partial charge < -0.3 is 5.32 Å². The van der Waals surface area contributed by atoms with Crippen LogP contribution >= 0.6 is 11.3 Å². The number of thiophene rings is 1. The van der Waals surface area contributed by atoms with Crippen LogP contribution in [0.25, 0.3) is 5.69 Å². The van der Waals surface area contributed by atoms with E-state index in [9.17, 15) is 4.79 Å². The highest BCUT2D eigenvalue weighted by Crippen LogP contribution is 2.09. The van der Waals surface area contributed by atoms with Crippen molar-refractivity contribution < 1.29 is 4.79 Å². The first-order valence-corrected chi connectivity index (χ1v) is 7.35. The number of aromatic nitrogens is 4. The van der Waals surface area contributed by atoms with Crippen LogP contribution < -0.4 is 5.32 Å². The van der Waals surface area contributed by atoms with Gasteiger partial charge in [-0.1, -0.05) is 6.07 Å². The van der Waals surface area contributed by atoms with Gasteiger partial charge in [-0.3, -0.25) is 4.79 Å². The predicted octanol–water partition coefficient (Wildman–Crippen LogP) is 1.70. The summed E-state index contributed by atoms with van der Waals surface area (Å²) < 4.78 is 1.54. The van der Waals surface area contributed by atoms with E-state index >= 15 is 0 Å². The highest BCUT2D eigenvalue weighted by molar-refractivity contribution is 7.09. The summed E-state index contributed by atoms with van der Waals surface area (Å²) in [5.41, 5.74) is 1.44. The number of hydrogen-bond donors (Lipinski definition) is 1. The van der Waals surface area contributed by atoms with Gasteiger partial charge in [0.05, 0.1) is 5.69 Å². The van der Waals surface area contributed by atoms with Crippen LogP contribution in [-0.4, -0.2) is 32.7 Å². The summed E-state index contributed by atoms with van der Waals surface area (Å²) in [7, 11) is 0. The van der Waals surface area contributed by atoms with Gasteiger partial charge in [0, 0.05) is 17.0 Å². The molecule has 6 nitrogen and oxygen atoms in total. The number of carbonyl (C=O) groups is 1. The lowest BCUT2D eigenvalue weighted by Gasteiger charge is -2.05. The third-order valence-corrected chi connectivity index (χ3v) is 3.92. The highest BCUT2D eigenvalue weighted by atomic mass is 32.1. The fourth-order valence-corrected chi connectivity index (χ4v) is 2.61. The number of nitrogens with one attached hydrogen (secondary N) is 1. The van der Waals surface area contributed by atoms with Gasteiger partial charge in [-0.25, -0.2) is 4.68 Å². The Labute approximate surface area is 125 Å². The van der Waals surface area contributed by atoms with Crippen molar-refractivity contribution in [1.29, 1.82) is 0 Å². The normalized spacial score (nSPS) is 10.5. The second kappa shape index (κ2) is 6.27. The SMILES string of the molecule is O=C(NCCc1cccs1)c1ccc(-n2cnnn2)cc1. The van der Waals surface area contributed by atoms with Crippen molar-refractivity contribution in [2.45, 2.75) is 6.42 Å². The Kier molecular flexibility index (Phi) is 4.02. The molecule has 2 aromatic heterocycles. The smallest absolute Gasteiger partial charge is 0.251 e. The maximum atomic E-state index is 12.0. The molecule has 2 heterocycles. The van der Waals surface area contributed by atoms with E-state index in [0.717, 1.165) is 12.1 Å². The molecule has 3 aromatic rings. The molecule has 0 saturated heterocycles. The maximum Gasteiger partial charge on any atom is 0.251 e. The standard InChI is InChI=1S/C14H13N5OS/c20-14(15-8-7-13-2-1-9-21-13)11-3-5-12(6-4-11)19-10-16-17-18-19/h1-6,9-10H,7-8H2,(H,15,20). The first-order chi connectivity index (χ1) is 10.3. The Morgan fingerprint density at radius 1 is 1.24 bits per heavy atom. The lowest BCUT2D eigenvalue weighted by Crippen LogP contribution is -2.25. The summed E-state index contributed by atoms with van der Waals surface area (Å²) >= 11 is 1.70. The number of amides is 1. The van der Waals surface area contributed by atoms with Crippen molar-refractivity contribution in [2.75, 3.05) is 6.54 Å². The Bertz CT molecular complexity index is 692. The molecule has 1 amide bonds. The molecule has 0 atom stereocenters. The lowest BCUT2D eigenvalue weighted by molar-refractivity contribution is 0.0954. The molecule has 0 bridgehead atoms. The molecule has 0 fully saturated rings. The minimum Gasteiger partial charge on any atom is -0.352 e. The second-order valence-corrected chi connectivity index (χ2v) is 5.42. The molecule has 0 aliphatic heterocycles. The largest absolute Gasteiger partial charge is 0.352 e. The number of rotatable bonds is 5. The van der Waals surface area contributed by atoms with Crippen LogP contribution in [0.4, 0.5) is 0 Å². The topological polar surface area (TPSA) is 72.7 Å². The van der Waals surface area contributed by atoms with E-state index < -0.39 is 0 Å². The molecule has 21 heavy (non-hydrogen) atoms. The highest BCUT2D eigenvalue weighted by Gasteiger charge is 2.06. The molecule has 0 aliphatic rings. The average molecular weight is 299 g/mol. The van der Waals surface area contributed by atoms with Crippen LogP contribution in [0.1, 0.15) is 15.2 Å². The molecule has 0 radical (unpaired) electrons. The third-order valence-electron chi connectivity index (χ3n) is 2.98. The van der Waals surface area contributed by atoms with Crippen LogP contribution in [0.3, 0.4) is 0 Å². The van der Waals surface area contributed by atoms with E-state index in [1.165, 1.54) is 11.2 Å². The third kappa shape index (κ3) is 3.32. The van der Waals surface area contributed by atoms with Crippen molar-refractivity contribution in [3.63, 3.8) is 0 Å². The molecular formula is C14H13N5OS. The maximum absolute atomic E-state index is 12.0. The van der Waals surface area contributed by atoms with Crippen LogP contribution in [0.5, 0.6) is 0 Å². The summed E-state index contributed by atoms with van der Waals surface area (Å²) in [6, 6.07) is 11.2. The van der Waals surface area contributed by atoms with Gasteiger partial charge in [0.2, 0.25) is 0 Å². The van der Waals surface area contributed by atoms with Crippen LogP contribution in [0.15, 0.2) is 48.1 Å². The number of carbonyl (C=O) groups excluding carboxylic acids is 1. The fraction of sp³-hybridized carbons (Fsp3) is 0.143. The Hall–Kier alpha value is -2.54. The van der Waals surface area contributed by atoms with E-state index in [1.54, 1.807) is 28.2 Å². The molecule has 1 N–H and O–H groups in total. The monoisotopic (exact) mass is 299 g/mol. The molecule has 7 heteroatoms. The van der Waals surface area contributed by atoms with Crippen molar-refractivity contribution >= 4 is 17.2 Å². The molecule has 3 rings (SSSR count). The van der Waals surface area contributed by atoms with E-state index in [0.29, 0.717) is 12.1 Å². The van der Waals surface area contributed by atoms with Gasteiger partial charge in [0.15, 0.2) is 0 Å². The molecule has 1 aromatic carbocycles. The average Bonchev–Trinajstić information content (AvgIpc) is 3.21. The number of nitrogens with zero attached hydrogens (tertiary/aromatic N) is 4. The van der Waals surface area contributed by atoms with E-state index in [4.69, 9.17) is 0 Å². The van der Waals surface area contributed by atoms with Crippen LogP contribution in [0.2, 0.25) is 0 Å². The van der Waals surface area contributed by atoms with Crippen molar-refractivity contribution in [2.24, 2.45) is 0 Å². The molecule has 0 spiro atoms. The van der Waals surface area contributed by atoms with E-state index in [1.807, 2.05) is 23.6 Å². The fourth-order valence-electron chi connectivity index (χ4n) is 1.90. The first-order valence-electron chi connectivity index (χ1n) is 6.47. The molecule has 106 valence electrons. The van der Waals surface area contributed by atoms with Crippen molar-refractivity contribution in [3.05, 3.63) is 58.5 Å². The van der Waals surface area contributed by atoms with E-state index in [-0.39, 0.29) is 5.91 Å². The Morgan fingerprint density at radius 3 is 2.76 bits per heavy atom. The summed E-state index contributed by atoms with van der Waals surface area (Å²) in [5.74, 6) is -0.0742. The second-order valence-electron chi connectivity index (χ2n) is 4.39. The number of hydrogen-bond acceptors (Lipinski definition) is 5. The summed E-state index contributed by atoms with van der Waals surface area (Å²) in [5, 5.41) is 15.9. The van der Waals surface area contributed by atoms with Gasteiger partial charge >= 0.3 is 0 Å². The van der Waals surface area contributed by atoms with Crippen LogP contribution in [-0.2, 0) is 6.42 Å². The number of tetrazole rings is 1. The predicted molar refractivity (Wildman–Crippen MR) is 79.5 cm³/mol. The van der Waals surface area contributed by atoms with E-state index in [2.05, 4.69) is 26.9 Å². The summed E-state index contributed by atoms with van der Waals surface area (Å²) in [6.07, 6.45) is 2.36. The number of benzene rings is 1. The van der Waals surface area contributed by atoms with Crippen molar-refractivity contribution in [3.8, 4) is 5.69 Å². The summed E-state index contributed by atoms with van der Waals surface area (Å²) in [4.78, 5) is 13.3. The quantitative estimate of drug-likeness (QED) is 0.778. The zero-order valence-corrected chi connectivity index (χ0v) is 12.0. The van der Waals surface area contributed by atoms with Crippen molar-refractivity contribution in [1.82, 2.24) is 25.5 Å². The molecule has 0 saturated carbocycles. The van der Waals surface area contributed by atoms with Gasteiger partial charge in [-0.15, -0.1) is 16.4 Å². The van der Waals surface area contributed by atoms with Gasteiger partial charge in [0.1, 0.15) is 6.33 Å².